The minimum absolute atomic E-state index is 0.0459. The number of ketones is 1. The summed E-state index contributed by atoms with van der Waals surface area (Å²) in [6.45, 7) is 2.78. The molecule has 0 fully saturated rings. The van der Waals surface area contributed by atoms with Crippen molar-refractivity contribution >= 4 is 41.3 Å². The fraction of sp³-hybridized carbons (Fsp3) is 0.452. The van der Waals surface area contributed by atoms with Gasteiger partial charge in [-0.15, -0.1) is 0 Å². The summed E-state index contributed by atoms with van der Waals surface area (Å²) in [6.07, 6.45) is 1.24. The number of amides is 3. The predicted octanol–water partition coefficient (Wildman–Crippen LogP) is 4.43. The maximum Gasteiger partial charge on any atom is 0.407 e. The zero-order valence-electron chi connectivity index (χ0n) is 23.9. The van der Waals surface area contributed by atoms with Gasteiger partial charge in [0.1, 0.15) is 6.61 Å². The second-order valence-electron chi connectivity index (χ2n) is 9.95. The number of hydrogen-bond acceptors (Lipinski definition) is 6. The monoisotopic (exact) mass is 601 g/mol. The highest BCUT2D eigenvalue weighted by molar-refractivity contribution is 6.31. The molecule has 10 nitrogen and oxygen atoms in total. The third kappa shape index (κ3) is 13.6. The number of nitrogens with one attached hydrogen (secondary N) is 3. The lowest BCUT2D eigenvalue weighted by Gasteiger charge is -2.22. The normalized spacial score (nSPS) is 12.0. The summed E-state index contributed by atoms with van der Waals surface area (Å²) in [4.78, 5) is 61.7. The molecule has 11 heteroatoms. The van der Waals surface area contributed by atoms with E-state index in [9.17, 15) is 24.0 Å². The van der Waals surface area contributed by atoms with Crippen LogP contribution in [0.4, 0.5) is 4.79 Å². The van der Waals surface area contributed by atoms with E-state index >= 15 is 0 Å². The highest BCUT2D eigenvalue weighted by Crippen LogP contribution is 2.18. The standard InChI is InChI=1S/C31H40ClN3O7/c1-2-17-33-30(40)23(12-8-9-18-34-31(41)42-21-24-13-6-7-14-25(24)32)20-27(36)26(19-22-10-4-3-5-11-22)35-28(37)15-16-29(38)39/h3-7,10-11,13-14,23,26H,2,8-9,12,15-21H2,1H3,(H,33,40)(H,34,41)(H,35,37)(H,38,39). The van der Waals surface area contributed by atoms with Gasteiger partial charge in [0.05, 0.1) is 12.5 Å². The summed E-state index contributed by atoms with van der Waals surface area (Å²) in [5.74, 6) is -2.81. The summed E-state index contributed by atoms with van der Waals surface area (Å²) < 4.78 is 5.20. The van der Waals surface area contributed by atoms with Crippen molar-refractivity contribution in [2.45, 2.75) is 70.9 Å². The van der Waals surface area contributed by atoms with Crippen LogP contribution in [0.3, 0.4) is 0 Å². The number of hydrogen-bond donors (Lipinski definition) is 4. The molecule has 0 radical (unpaired) electrons. The summed E-state index contributed by atoms with van der Waals surface area (Å²) in [6, 6.07) is 15.3. The lowest BCUT2D eigenvalue weighted by atomic mass is 9.90. The number of halogens is 1. The van der Waals surface area contributed by atoms with Crippen LogP contribution in [0.5, 0.6) is 0 Å². The van der Waals surface area contributed by atoms with Gasteiger partial charge in [0, 0.05) is 42.4 Å². The Morgan fingerprint density at radius 3 is 2.31 bits per heavy atom. The van der Waals surface area contributed by atoms with E-state index in [1.165, 1.54) is 0 Å². The van der Waals surface area contributed by atoms with E-state index in [4.69, 9.17) is 21.4 Å². The number of unbranched alkanes of at least 4 members (excludes halogenated alkanes) is 1. The Morgan fingerprint density at radius 1 is 0.905 bits per heavy atom. The zero-order valence-corrected chi connectivity index (χ0v) is 24.7. The summed E-state index contributed by atoms with van der Waals surface area (Å²) in [5.41, 5.74) is 1.53. The number of ether oxygens (including phenoxy) is 1. The first kappa shape index (κ1) is 34.3. The van der Waals surface area contributed by atoms with Gasteiger partial charge in [-0.1, -0.05) is 73.5 Å². The fourth-order valence-corrected chi connectivity index (χ4v) is 4.39. The van der Waals surface area contributed by atoms with Crippen LogP contribution in [-0.4, -0.2) is 53.9 Å². The number of carboxylic acid groups (broad SMARTS) is 1. The van der Waals surface area contributed by atoms with Crippen molar-refractivity contribution in [2.75, 3.05) is 13.1 Å². The lowest BCUT2D eigenvalue weighted by molar-refractivity contribution is -0.139. The summed E-state index contributed by atoms with van der Waals surface area (Å²) in [5, 5.41) is 17.6. The van der Waals surface area contributed by atoms with Crippen LogP contribution in [0, 0.1) is 5.92 Å². The van der Waals surface area contributed by atoms with Crippen LogP contribution in [0.15, 0.2) is 54.6 Å². The van der Waals surface area contributed by atoms with Crippen molar-refractivity contribution < 1.29 is 33.8 Å². The Morgan fingerprint density at radius 2 is 1.62 bits per heavy atom. The first-order valence-electron chi connectivity index (χ1n) is 14.2. The zero-order chi connectivity index (χ0) is 30.7. The third-order valence-corrected chi connectivity index (χ3v) is 6.87. The van der Waals surface area contributed by atoms with Gasteiger partial charge in [0.2, 0.25) is 11.8 Å². The molecule has 2 unspecified atom stereocenters. The van der Waals surface area contributed by atoms with Gasteiger partial charge in [0.25, 0.3) is 0 Å². The predicted molar refractivity (Wildman–Crippen MR) is 159 cm³/mol. The first-order chi connectivity index (χ1) is 20.2. The molecular formula is C31H40ClN3O7. The Hall–Kier alpha value is -3.92. The van der Waals surface area contributed by atoms with Crippen molar-refractivity contribution in [1.29, 1.82) is 0 Å². The van der Waals surface area contributed by atoms with Crippen molar-refractivity contribution in [1.82, 2.24) is 16.0 Å². The smallest absolute Gasteiger partial charge is 0.407 e. The van der Waals surface area contributed by atoms with Gasteiger partial charge in [-0.05, 0) is 37.3 Å². The molecule has 0 aliphatic heterocycles. The number of alkyl carbamates (subject to hydrolysis) is 1. The van der Waals surface area contributed by atoms with E-state index in [0.29, 0.717) is 42.9 Å². The molecule has 4 N–H and O–H groups in total. The molecule has 228 valence electrons. The molecule has 0 spiro atoms. The van der Waals surface area contributed by atoms with E-state index in [-0.39, 0.29) is 44.0 Å². The maximum absolute atomic E-state index is 13.4. The molecule has 0 saturated heterocycles. The van der Waals surface area contributed by atoms with E-state index < -0.39 is 29.9 Å². The quantitative estimate of drug-likeness (QED) is 0.174. The largest absolute Gasteiger partial charge is 0.481 e. The van der Waals surface area contributed by atoms with E-state index in [0.717, 1.165) is 12.0 Å². The van der Waals surface area contributed by atoms with E-state index in [1.807, 2.05) is 37.3 Å². The van der Waals surface area contributed by atoms with Crippen LogP contribution in [-0.2, 0) is 36.9 Å². The molecule has 3 amide bonds. The first-order valence-corrected chi connectivity index (χ1v) is 14.6. The second-order valence-corrected chi connectivity index (χ2v) is 10.4. The molecule has 2 atom stereocenters. The van der Waals surface area contributed by atoms with Gasteiger partial charge >= 0.3 is 12.1 Å². The molecule has 2 aromatic carbocycles. The van der Waals surface area contributed by atoms with Gasteiger partial charge in [0.15, 0.2) is 5.78 Å². The van der Waals surface area contributed by atoms with Crippen LogP contribution in [0.1, 0.15) is 63.0 Å². The van der Waals surface area contributed by atoms with Gasteiger partial charge in [-0.25, -0.2) is 4.79 Å². The van der Waals surface area contributed by atoms with Crippen molar-refractivity contribution in [2.24, 2.45) is 5.92 Å². The molecule has 2 aromatic rings. The minimum Gasteiger partial charge on any atom is -0.481 e. The molecule has 0 aliphatic carbocycles. The number of aliphatic carboxylic acids is 1. The highest BCUT2D eigenvalue weighted by Gasteiger charge is 2.27. The van der Waals surface area contributed by atoms with Gasteiger partial charge < -0.3 is 25.8 Å². The van der Waals surface area contributed by atoms with E-state index in [2.05, 4.69) is 16.0 Å². The Kier molecular flexibility index (Phi) is 15.7. The molecule has 0 saturated carbocycles. The third-order valence-electron chi connectivity index (χ3n) is 6.51. The van der Waals surface area contributed by atoms with Crippen LogP contribution >= 0.6 is 11.6 Å². The fourth-order valence-electron chi connectivity index (χ4n) is 4.20. The molecule has 42 heavy (non-hydrogen) atoms. The SMILES string of the molecule is CCCNC(=O)C(CCCCNC(=O)OCc1ccccc1Cl)CC(=O)C(Cc1ccccc1)NC(=O)CCC(=O)O. The van der Waals surface area contributed by atoms with Gasteiger partial charge in [-0.3, -0.25) is 19.2 Å². The van der Waals surface area contributed by atoms with Crippen molar-refractivity contribution in [3.63, 3.8) is 0 Å². The summed E-state index contributed by atoms with van der Waals surface area (Å²) in [7, 11) is 0. The Balaban J connectivity index is 1.93. The number of Topliss-reactive ketones (excluding diaryl/α,β-unsaturated/α-hetero) is 1. The molecule has 0 aromatic heterocycles. The number of carbonyl (C=O) groups excluding carboxylic acids is 4. The average Bonchev–Trinajstić information content (AvgIpc) is 2.97. The number of carboxylic acids is 1. The molecule has 0 bridgehead atoms. The van der Waals surface area contributed by atoms with Crippen LogP contribution in [0.2, 0.25) is 5.02 Å². The lowest BCUT2D eigenvalue weighted by Crippen LogP contribution is -2.44. The van der Waals surface area contributed by atoms with Crippen molar-refractivity contribution in [3.8, 4) is 0 Å². The number of rotatable bonds is 19. The van der Waals surface area contributed by atoms with Gasteiger partial charge in [-0.2, -0.15) is 0 Å². The van der Waals surface area contributed by atoms with E-state index in [1.54, 1.807) is 24.3 Å². The Labute approximate surface area is 251 Å². The second kappa shape index (κ2) is 19.2. The van der Waals surface area contributed by atoms with Crippen LogP contribution in [0.25, 0.3) is 0 Å². The molecule has 0 aliphatic rings. The maximum atomic E-state index is 13.4. The molecule has 0 heterocycles. The number of carbonyl (C=O) groups is 5. The minimum atomic E-state index is -1.10. The summed E-state index contributed by atoms with van der Waals surface area (Å²) >= 11 is 6.08. The Bertz CT molecular complexity index is 1180. The van der Waals surface area contributed by atoms with Crippen LogP contribution < -0.4 is 16.0 Å². The molecule has 2 rings (SSSR count). The molecular weight excluding hydrogens is 562 g/mol. The number of benzene rings is 2. The highest BCUT2D eigenvalue weighted by atomic mass is 35.5. The topological polar surface area (TPSA) is 151 Å². The van der Waals surface area contributed by atoms with Crippen molar-refractivity contribution in [3.05, 3.63) is 70.7 Å². The average molecular weight is 602 g/mol.